The van der Waals surface area contributed by atoms with Crippen LogP contribution in [0, 0.1) is 11.8 Å². The molecule has 21 heavy (non-hydrogen) atoms. The number of likely N-dealkylation sites (tertiary alicyclic amines) is 1. The fraction of sp³-hybridized carbons (Fsp3) is 0.875. The molecular weight excluding hydrogens is 266 g/mol. The third kappa shape index (κ3) is 5.65. The van der Waals surface area contributed by atoms with Crippen molar-refractivity contribution in [3.8, 4) is 0 Å². The van der Waals surface area contributed by atoms with Crippen molar-refractivity contribution >= 4 is 11.8 Å². The van der Waals surface area contributed by atoms with Crippen LogP contribution in [0.1, 0.15) is 52.9 Å². The molecule has 1 rings (SSSR count). The normalized spacial score (nSPS) is 19.1. The zero-order chi connectivity index (χ0) is 15.8. The molecule has 2 atom stereocenters. The van der Waals surface area contributed by atoms with Gasteiger partial charge in [-0.05, 0) is 26.2 Å². The third-order valence-corrected chi connectivity index (χ3v) is 4.44. The van der Waals surface area contributed by atoms with Crippen molar-refractivity contribution in [1.82, 2.24) is 10.2 Å². The van der Waals surface area contributed by atoms with Gasteiger partial charge in [0.1, 0.15) is 0 Å². The maximum Gasteiger partial charge on any atom is 0.226 e. The highest BCUT2D eigenvalue weighted by molar-refractivity contribution is 5.81. The summed E-state index contributed by atoms with van der Waals surface area (Å²) in [7, 11) is 0. The monoisotopic (exact) mass is 297 g/mol. The first-order chi connectivity index (χ1) is 9.97. The number of nitrogens with one attached hydrogen (secondary N) is 1. The van der Waals surface area contributed by atoms with Gasteiger partial charge in [0.05, 0.1) is 5.92 Å². The van der Waals surface area contributed by atoms with E-state index in [9.17, 15) is 9.59 Å². The number of carbonyl (C=O) groups is 2. The molecule has 1 aliphatic rings. The zero-order valence-electron chi connectivity index (χ0n) is 13.7. The van der Waals surface area contributed by atoms with Gasteiger partial charge in [-0.2, -0.15) is 0 Å². The van der Waals surface area contributed by atoms with Gasteiger partial charge in [-0.1, -0.05) is 26.7 Å². The predicted molar refractivity (Wildman–Crippen MR) is 84.7 cm³/mol. The van der Waals surface area contributed by atoms with Gasteiger partial charge in [0.2, 0.25) is 11.8 Å². The molecule has 2 unspecified atom stereocenters. The van der Waals surface area contributed by atoms with Crippen molar-refractivity contribution < 1.29 is 9.59 Å². The summed E-state index contributed by atoms with van der Waals surface area (Å²) in [6.07, 6.45) is 4.88. The Morgan fingerprint density at radius 2 is 1.86 bits per heavy atom. The Balaban J connectivity index is 2.31. The van der Waals surface area contributed by atoms with Crippen LogP contribution in [-0.2, 0) is 9.59 Å². The van der Waals surface area contributed by atoms with Gasteiger partial charge in [-0.15, -0.1) is 0 Å². The van der Waals surface area contributed by atoms with E-state index in [1.54, 1.807) is 0 Å². The summed E-state index contributed by atoms with van der Waals surface area (Å²) in [5, 5.41) is 3.01. The van der Waals surface area contributed by atoms with Crippen molar-refractivity contribution in [2.24, 2.45) is 17.6 Å². The van der Waals surface area contributed by atoms with E-state index in [0.717, 1.165) is 38.6 Å². The molecule has 1 fully saturated rings. The zero-order valence-corrected chi connectivity index (χ0v) is 13.7. The molecule has 0 bridgehead atoms. The maximum absolute atomic E-state index is 12.2. The van der Waals surface area contributed by atoms with E-state index >= 15 is 0 Å². The van der Waals surface area contributed by atoms with Crippen molar-refractivity contribution in [3.05, 3.63) is 0 Å². The van der Waals surface area contributed by atoms with E-state index in [-0.39, 0.29) is 29.7 Å². The Kier molecular flexibility index (Phi) is 7.72. The molecule has 5 heteroatoms. The average molecular weight is 297 g/mol. The Morgan fingerprint density at radius 1 is 1.24 bits per heavy atom. The number of hydrogen-bond acceptors (Lipinski definition) is 3. The fourth-order valence-electron chi connectivity index (χ4n) is 2.61. The van der Waals surface area contributed by atoms with Gasteiger partial charge in [-0.25, -0.2) is 0 Å². The Morgan fingerprint density at radius 3 is 2.38 bits per heavy atom. The highest BCUT2D eigenvalue weighted by atomic mass is 16.2. The van der Waals surface area contributed by atoms with Crippen LogP contribution in [0.2, 0.25) is 0 Å². The first kappa shape index (κ1) is 18.0. The second kappa shape index (κ2) is 9.03. The molecule has 0 radical (unpaired) electrons. The lowest BCUT2D eigenvalue weighted by atomic mass is 9.94. The number of nitrogens with two attached hydrogens (primary N) is 1. The number of rotatable bonds is 7. The number of piperidine rings is 1. The number of amides is 2. The minimum Gasteiger partial charge on any atom is -0.356 e. The van der Waals surface area contributed by atoms with E-state index in [0.29, 0.717) is 13.1 Å². The summed E-state index contributed by atoms with van der Waals surface area (Å²) in [6.45, 7) is 8.00. The average Bonchev–Trinajstić information content (AvgIpc) is 2.50. The van der Waals surface area contributed by atoms with Gasteiger partial charge in [0, 0.05) is 31.6 Å². The van der Waals surface area contributed by atoms with Crippen LogP contribution in [0.25, 0.3) is 0 Å². The largest absolute Gasteiger partial charge is 0.356 e. The van der Waals surface area contributed by atoms with Crippen LogP contribution < -0.4 is 11.1 Å². The summed E-state index contributed by atoms with van der Waals surface area (Å²) >= 11 is 0. The van der Waals surface area contributed by atoms with E-state index in [1.807, 2.05) is 18.7 Å². The van der Waals surface area contributed by atoms with Gasteiger partial charge in [0.25, 0.3) is 0 Å². The molecule has 3 N–H and O–H groups in total. The number of carbonyl (C=O) groups excluding carboxylic acids is 2. The van der Waals surface area contributed by atoms with Crippen molar-refractivity contribution in [3.63, 3.8) is 0 Å². The Labute approximate surface area is 128 Å². The van der Waals surface area contributed by atoms with E-state index in [4.69, 9.17) is 5.73 Å². The molecule has 1 aliphatic heterocycles. The van der Waals surface area contributed by atoms with Crippen LogP contribution >= 0.6 is 0 Å². The minimum absolute atomic E-state index is 0.0567. The summed E-state index contributed by atoms with van der Waals surface area (Å²) in [6, 6.07) is -0.128. The van der Waals surface area contributed by atoms with Crippen LogP contribution in [0.3, 0.4) is 0 Å². The molecule has 5 nitrogen and oxygen atoms in total. The van der Waals surface area contributed by atoms with Crippen molar-refractivity contribution in [2.75, 3.05) is 19.6 Å². The molecular formula is C16H31N3O2. The second-order valence-corrected chi connectivity index (χ2v) is 6.25. The summed E-state index contributed by atoms with van der Waals surface area (Å²) in [4.78, 5) is 26.1. The molecule has 1 heterocycles. The van der Waals surface area contributed by atoms with Crippen molar-refractivity contribution in [2.45, 2.75) is 58.9 Å². The third-order valence-electron chi connectivity index (χ3n) is 4.44. The standard InChI is InChI=1S/C16H31N3O2/c1-4-5-6-9-18-15(20)14-7-10-19(11-8-14)16(21)12(2)13(3)17/h12-14H,4-11,17H2,1-3H3,(H,18,20). The highest BCUT2D eigenvalue weighted by Gasteiger charge is 2.30. The van der Waals surface area contributed by atoms with Crippen molar-refractivity contribution in [1.29, 1.82) is 0 Å². The first-order valence-corrected chi connectivity index (χ1v) is 8.29. The molecule has 0 spiro atoms. The summed E-state index contributed by atoms with van der Waals surface area (Å²) in [5.41, 5.74) is 5.79. The van der Waals surface area contributed by atoms with Crippen LogP contribution in [0.15, 0.2) is 0 Å². The molecule has 0 aromatic heterocycles. The Bertz CT molecular complexity index is 336. The lowest BCUT2D eigenvalue weighted by molar-refractivity contribution is -0.139. The maximum atomic E-state index is 12.2. The van der Waals surface area contributed by atoms with E-state index < -0.39 is 0 Å². The van der Waals surface area contributed by atoms with Gasteiger partial charge in [0.15, 0.2) is 0 Å². The summed E-state index contributed by atoms with van der Waals surface area (Å²) < 4.78 is 0. The van der Waals surface area contributed by atoms with Crippen LogP contribution in [0.4, 0.5) is 0 Å². The summed E-state index contributed by atoms with van der Waals surface area (Å²) in [5.74, 6) is 0.177. The minimum atomic E-state index is -0.149. The molecule has 0 saturated carbocycles. The molecule has 0 aliphatic carbocycles. The fourth-order valence-corrected chi connectivity index (χ4v) is 2.61. The van der Waals surface area contributed by atoms with Crippen LogP contribution in [0.5, 0.6) is 0 Å². The van der Waals surface area contributed by atoms with Crippen LogP contribution in [-0.4, -0.2) is 42.4 Å². The number of hydrogen-bond donors (Lipinski definition) is 2. The molecule has 0 aromatic carbocycles. The topological polar surface area (TPSA) is 75.4 Å². The molecule has 0 aromatic rings. The predicted octanol–water partition coefficient (Wildman–Crippen LogP) is 1.51. The highest BCUT2D eigenvalue weighted by Crippen LogP contribution is 2.19. The lowest BCUT2D eigenvalue weighted by Crippen LogP contribution is -2.47. The SMILES string of the molecule is CCCCCNC(=O)C1CCN(C(=O)C(C)C(C)N)CC1. The molecule has 1 saturated heterocycles. The van der Waals surface area contributed by atoms with Gasteiger partial charge < -0.3 is 16.0 Å². The van der Waals surface area contributed by atoms with E-state index in [2.05, 4.69) is 12.2 Å². The Hall–Kier alpha value is -1.10. The quantitative estimate of drug-likeness (QED) is 0.700. The molecule has 122 valence electrons. The van der Waals surface area contributed by atoms with Gasteiger partial charge in [-0.3, -0.25) is 9.59 Å². The number of unbranched alkanes of at least 4 members (excludes halogenated alkanes) is 2. The number of nitrogens with zero attached hydrogens (tertiary/aromatic N) is 1. The second-order valence-electron chi connectivity index (χ2n) is 6.25. The lowest BCUT2D eigenvalue weighted by Gasteiger charge is -2.33. The van der Waals surface area contributed by atoms with Gasteiger partial charge >= 0.3 is 0 Å². The van der Waals surface area contributed by atoms with E-state index in [1.165, 1.54) is 0 Å². The first-order valence-electron chi connectivity index (χ1n) is 8.29. The molecule has 2 amide bonds. The smallest absolute Gasteiger partial charge is 0.226 e.